The molecule has 6 heteroatoms. The summed E-state index contributed by atoms with van der Waals surface area (Å²) in [6.45, 7) is 0.590. The topological polar surface area (TPSA) is 89.5 Å². The van der Waals surface area contributed by atoms with Crippen molar-refractivity contribution in [1.82, 2.24) is 5.32 Å². The smallest absolute Gasteiger partial charge is 0.340 e. The maximum Gasteiger partial charge on any atom is 0.340 e. The van der Waals surface area contributed by atoms with E-state index in [2.05, 4.69) is 5.32 Å². The van der Waals surface area contributed by atoms with E-state index < -0.39 is 22.4 Å². The number of carboxylic acid groups (broad SMARTS) is 1. The largest absolute Gasteiger partial charge is 0.611 e. The fourth-order valence-electron chi connectivity index (χ4n) is 2.09. The second-order valence-corrected chi connectivity index (χ2v) is 5.98. The summed E-state index contributed by atoms with van der Waals surface area (Å²) >= 11 is -1.64. The zero-order chi connectivity index (χ0) is 13.8. The molecule has 2 rings (SSSR count). The zero-order valence-corrected chi connectivity index (χ0v) is 11.1. The van der Waals surface area contributed by atoms with Gasteiger partial charge in [0.1, 0.15) is 5.56 Å². The molecule has 1 heterocycles. The highest BCUT2D eigenvalue weighted by Gasteiger charge is 2.35. The van der Waals surface area contributed by atoms with Crippen LogP contribution in [0.15, 0.2) is 29.2 Å². The lowest BCUT2D eigenvalue weighted by Crippen LogP contribution is -2.38. The molecular formula is C13H15NO4S. The molecule has 1 aliphatic heterocycles. The van der Waals surface area contributed by atoms with Crippen LogP contribution in [0.3, 0.4) is 0 Å². The summed E-state index contributed by atoms with van der Waals surface area (Å²) < 4.78 is 12.5. The number of amides is 1. The van der Waals surface area contributed by atoms with E-state index in [1.54, 1.807) is 12.1 Å². The Morgan fingerprint density at radius 3 is 2.84 bits per heavy atom. The van der Waals surface area contributed by atoms with Crippen LogP contribution in [0, 0.1) is 0 Å². The Balaban J connectivity index is 2.30. The summed E-state index contributed by atoms with van der Waals surface area (Å²) in [4.78, 5) is 23.2. The quantitative estimate of drug-likeness (QED) is 0.814. The third kappa shape index (κ3) is 3.08. The number of benzene rings is 1. The van der Waals surface area contributed by atoms with Gasteiger partial charge in [-0.25, -0.2) is 4.79 Å². The average Bonchev–Trinajstić information content (AvgIpc) is 2.62. The summed E-state index contributed by atoms with van der Waals surface area (Å²) in [6.07, 6.45) is 2.19. The predicted octanol–water partition coefficient (Wildman–Crippen LogP) is 1.16. The standard InChI is InChI=1S/C13H15NO4S/c15-12-11(7-3-4-8-14-12)19(18)10-6-2-1-5-9(10)13(16)17/h1-2,5-6,11H,3-4,7-8H2,(H,14,15)(H,16,17). The Kier molecular flexibility index (Phi) is 4.44. The van der Waals surface area contributed by atoms with Crippen molar-refractivity contribution in [3.8, 4) is 0 Å². The highest BCUT2D eigenvalue weighted by Crippen LogP contribution is 2.24. The first-order valence-electron chi connectivity index (χ1n) is 6.12. The minimum Gasteiger partial charge on any atom is -0.611 e. The van der Waals surface area contributed by atoms with Crippen molar-refractivity contribution in [2.75, 3.05) is 6.54 Å². The predicted molar refractivity (Wildman–Crippen MR) is 70.5 cm³/mol. The van der Waals surface area contributed by atoms with Gasteiger partial charge in [0.2, 0.25) is 0 Å². The summed E-state index contributed by atoms with van der Waals surface area (Å²) in [5.41, 5.74) is -0.00196. The Labute approximate surface area is 114 Å². The highest BCUT2D eigenvalue weighted by molar-refractivity contribution is 7.92. The number of hydrogen-bond donors (Lipinski definition) is 2. The monoisotopic (exact) mass is 281 g/mol. The van der Waals surface area contributed by atoms with Gasteiger partial charge in [-0.1, -0.05) is 12.1 Å². The average molecular weight is 281 g/mol. The highest BCUT2D eigenvalue weighted by atomic mass is 32.2. The van der Waals surface area contributed by atoms with Crippen LogP contribution in [-0.2, 0) is 16.0 Å². The van der Waals surface area contributed by atoms with Crippen LogP contribution in [0.25, 0.3) is 0 Å². The van der Waals surface area contributed by atoms with E-state index >= 15 is 0 Å². The van der Waals surface area contributed by atoms with Crippen LogP contribution in [0.2, 0.25) is 0 Å². The second-order valence-electron chi connectivity index (χ2n) is 4.37. The molecule has 1 amide bonds. The molecule has 1 fully saturated rings. The van der Waals surface area contributed by atoms with E-state index in [4.69, 9.17) is 5.11 Å². The lowest BCUT2D eigenvalue weighted by atomic mass is 10.2. The minimum atomic E-state index is -1.64. The fraction of sp³-hybridized carbons (Fsp3) is 0.385. The molecule has 0 aromatic heterocycles. The summed E-state index contributed by atoms with van der Waals surface area (Å²) in [6, 6.07) is 6.13. The van der Waals surface area contributed by atoms with Crippen LogP contribution >= 0.6 is 0 Å². The van der Waals surface area contributed by atoms with E-state index in [9.17, 15) is 14.1 Å². The van der Waals surface area contributed by atoms with Gasteiger partial charge in [-0.05, 0) is 36.2 Å². The Morgan fingerprint density at radius 2 is 2.11 bits per heavy atom. The van der Waals surface area contributed by atoms with Crippen LogP contribution in [0.1, 0.15) is 29.6 Å². The van der Waals surface area contributed by atoms with Gasteiger partial charge in [0, 0.05) is 13.0 Å². The molecule has 0 radical (unpaired) electrons. The number of rotatable bonds is 3. The van der Waals surface area contributed by atoms with Crippen LogP contribution in [0.5, 0.6) is 0 Å². The van der Waals surface area contributed by atoms with Gasteiger partial charge in [0.05, 0.1) is 0 Å². The van der Waals surface area contributed by atoms with E-state index in [1.807, 2.05) is 0 Å². The molecule has 1 aromatic rings. The molecule has 2 unspecified atom stereocenters. The van der Waals surface area contributed by atoms with Gasteiger partial charge in [-0.15, -0.1) is 0 Å². The van der Waals surface area contributed by atoms with Gasteiger partial charge >= 0.3 is 5.97 Å². The molecule has 102 valence electrons. The first kappa shape index (κ1) is 13.9. The lowest BCUT2D eigenvalue weighted by molar-refractivity contribution is -0.120. The van der Waals surface area contributed by atoms with Gasteiger partial charge in [-0.3, -0.25) is 4.79 Å². The molecule has 2 N–H and O–H groups in total. The van der Waals surface area contributed by atoms with Gasteiger partial charge in [0.15, 0.2) is 10.1 Å². The van der Waals surface area contributed by atoms with E-state index in [0.717, 1.165) is 12.8 Å². The number of carbonyl (C=O) groups is 2. The fourth-order valence-corrected chi connectivity index (χ4v) is 3.64. The maximum atomic E-state index is 12.5. The number of hydrogen-bond acceptors (Lipinski definition) is 3. The lowest BCUT2D eigenvalue weighted by Gasteiger charge is -2.19. The van der Waals surface area contributed by atoms with Crippen molar-refractivity contribution in [2.24, 2.45) is 0 Å². The molecular weight excluding hydrogens is 266 g/mol. The Bertz CT molecular complexity index is 491. The van der Waals surface area contributed by atoms with Crippen LogP contribution < -0.4 is 5.32 Å². The minimum absolute atomic E-state index is 0.00196. The maximum absolute atomic E-state index is 12.5. The first-order chi connectivity index (χ1) is 9.11. The van der Waals surface area contributed by atoms with Crippen molar-refractivity contribution in [1.29, 1.82) is 0 Å². The van der Waals surface area contributed by atoms with Crippen LogP contribution in [0.4, 0.5) is 0 Å². The number of aromatic carboxylic acids is 1. The molecule has 5 nitrogen and oxygen atoms in total. The van der Waals surface area contributed by atoms with Crippen molar-refractivity contribution >= 4 is 23.1 Å². The zero-order valence-electron chi connectivity index (χ0n) is 10.3. The number of carboxylic acids is 1. The Hall–Kier alpha value is -1.53. The normalized spacial score (nSPS) is 21.3. The van der Waals surface area contributed by atoms with Gasteiger partial charge < -0.3 is 15.0 Å². The van der Waals surface area contributed by atoms with Crippen molar-refractivity contribution in [3.05, 3.63) is 29.8 Å². The molecule has 2 atom stereocenters. The summed E-state index contributed by atoms with van der Waals surface area (Å²) in [5.74, 6) is -1.38. The molecule has 19 heavy (non-hydrogen) atoms. The second kappa shape index (κ2) is 6.08. The number of carbonyl (C=O) groups excluding carboxylic acids is 1. The van der Waals surface area contributed by atoms with Crippen LogP contribution in [-0.4, -0.2) is 33.3 Å². The van der Waals surface area contributed by atoms with E-state index in [1.165, 1.54) is 12.1 Å². The summed E-state index contributed by atoms with van der Waals surface area (Å²) in [7, 11) is 0. The molecule has 1 saturated heterocycles. The first-order valence-corrected chi connectivity index (χ1v) is 7.33. The number of nitrogens with one attached hydrogen (secondary N) is 1. The third-order valence-electron chi connectivity index (χ3n) is 3.08. The van der Waals surface area contributed by atoms with Crippen molar-refractivity contribution < 1.29 is 19.2 Å². The van der Waals surface area contributed by atoms with E-state index in [-0.39, 0.29) is 16.4 Å². The molecule has 0 spiro atoms. The Morgan fingerprint density at radius 1 is 1.37 bits per heavy atom. The molecule has 1 aromatic carbocycles. The summed E-state index contributed by atoms with van der Waals surface area (Å²) in [5, 5.41) is 11.2. The van der Waals surface area contributed by atoms with Gasteiger partial charge in [0.25, 0.3) is 5.91 Å². The van der Waals surface area contributed by atoms with Gasteiger partial charge in [-0.2, -0.15) is 0 Å². The molecule has 0 bridgehead atoms. The SMILES string of the molecule is O=C(O)c1ccccc1[S+]([O-])C1CCCCNC1=O. The molecule has 0 saturated carbocycles. The van der Waals surface area contributed by atoms with Crippen molar-refractivity contribution in [3.63, 3.8) is 0 Å². The molecule has 1 aliphatic rings. The third-order valence-corrected chi connectivity index (χ3v) is 4.83. The van der Waals surface area contributed by atoms with E-state index in [0.29, 0.717) is 13.0 Å². The molecule has 0 aliphatic carbocycles. The van der Waals surface area contributed by atoms with Crippen molar-refractivity contribution in [2.45, 2.75) is 29.4 Å².